The molecule has 116 valence electrons. The lowest BCUT2D eigenvalue weighted by Crippen LogP contribution is -2.46. The molecule has 1 aliphatic heterocycles. The quantitative estimate of drug-likeness (QED) is 0.811. The molecule has 1 aliphatic rings. The van der Waals surface area contributed by atoms with Crippen molar-refractivity contribution in [1.82, 2.24) is 25.0 Å². The van der Waals surface area contributed by atoms with Crippen molar-refractivity contribution in [3.8, 4) is 0 Å². The molecule has 2 rings (SSSR count). The fourth-order valence-electron chi connectivity index (χ4n) is 2.55. The van der Waals surface area contributed by atoms with Gasteiger partial charge in [0.05, 0.1) is 0 Å². The summed E-state index contributed by atoms with van der Waals surface area (Å²) in [5, 5.41) is 15.8. The topological polar surface area (TPSA) is 100 Å². The number of carbonyl (C=O) groups excluding carboxylic acids is 1. The van der Waals surface area contributed by atoms with Crippen molar-refractivity contribution in [2.75, 3.05) is 19.6 Å². The van der Waals surface area contributed by atoms with Crippen LogP contribution in [0.1, 0.15) is 25.1 Å². The fraction of sp³-hybridized carbons (Fsp3) is 0.692. The van der Waals surface area contributed by atoms with Gasteiger partial charge in [0.25, 0.3) is 0 Å². The maximum Gasteiger partial charge on any atom is 0.317 e. The van der Waals surface area contributed by atoms with Gasteiger partial charge in [-0.1, -0.05) is 0 Å². The van der Waals surface area contributed by atoms with E-state index in [1.165, 1.54) is 0 Å². The molecular weight excluding hydrogens is 274 g/mol. The number of urea groups is 1. The highest BCUT2D eigenvalue weighted by atomic mass is 16.4. The first kappa shape index (κ1) is 15.3. The molecule has 0 spiro atoms. The largest absolute Gasteiger partial charge is 0.481 e. The molecule has 0 saturated carbocycles. The summed E-state index contributed by atoms with van der Waals surface area (Å²) in [5.41, 5.74) is 0. The van der Waals surface area contributed by atoms with E-state index in [1.807, 2.05) is 0 Å². The number of amides is 2. The lowest BCUT2D eigenvalue weighted by atomic mass is 9.95. The molecule has 0 aliphatic carbocycles. The highest BCUT2D eigenvalue weighted by Gasteiger charge is 2.24. The van der Waals surface area contributed by atoms with Crippen molar-refractivity contribution in [2.45, 2.75) is 25.7 Å². The maximum atomic E-state index is 12.0. The summed E-state index contributed by atoms with van der Waals surface area (Å²) in [6.07, 6.45) is 4.06. The van der Waals surface area contributed by atoms with Crippen LogP contribution in [0.2, 0.25) is 0 Å². The highest BCUT2D eigenvalue weighted by Crippen LogP contribution is 2.19. The van der Waals surface area contributed by atoms with Crippen molar-refractivity contribution < 1.29 is 14.7 Å². The number of piperidine rings is 1. The van der Waals surface area contributed by atoms with Crippen LogP contribution in [0.3, 0.4) is 0 Å². The average Bonchev–Trinajstić information content (AvgIpc) is 2.84. The van der Waals surface area contributed by atoms with E-state index in [1.54, 1.807) is 23.0 Å². The van der Waals surface area contributed by atoms with Crippen LogP contribution >= 0.6 is 0 Å². The Labute approximate surface area is 123 Å². The number of aliphatic carboxylic acids is 1. The third kappa shape index (κ3) is 4.73. The molecule has 0 aromatic carbocycles. The number of hydrogen-bond donors (Lipinski definition) is 2. The summed E-state index contributed by atoms with van der Waals surface area (Å²) in [6, 6.07) is -0.138. The normalized spacial score (nSPS) is 18.5. The third-order valence-electron chi connectivity index (χ3n) is 3.54. The first-order valence-corrected chi connectivity index (χ1v) is 7.13. The van der Waals surface area contributed by atoms with Crippen LogP contribution in [0.25, 0.3) is 0 Å². The second-order valence-electron chi connectivity index (χ2n) is 5.37. The number of aryl methyl sites for hydroxylation is 1. The van der Waals surface area contributed by atoms with Crippen LogP contribution in [0.15, 0.2) is 6.33 Å². The van der Waals surface area contributed by atoms with E-state index in [2.05, 4.69) is 15.4 Å². The molecule has 0 bridgehead atoms. The standard InChI is InChI=1S/C13H21N5O3/c1-17-9-15-11(16-17)4-5-14-13(21)18-6-2-3-10(8-18)7-12(19)20/h9-10H,2-8H2,1H3,(H,14,21)(H,19,20). The molecule has 2 N–H and O–H groups in total. The molecule has 21 heavy (non-hydrogen) atoms. The zero-order chi connectivity index (χ0) is 15.2. The van der Waals surface area contributed by atoms with Crippen molar-refractivity contribution in [1.29, 1.82) is 0 Å². The number of likely N-dealkylation sites (tertiary alicyclic amines) is 1. The minimum atomic E-state index is -0.802. The van der Waals surface area contributed by atoms with Gasteiger partial charge in [0, 0.05) is 39.5 Å². The highest BCUT2D eigenvalue weighted by molar-refractivity contribution is 5.74. The molecular formula is C13H21N5O3. The van der Waals surface area contributed by atoms with Crippen molar-refractivity contribution in [2.24, 2.45) is 13.0 Å². The lowest BCUT2D eigenvalue weighted by molar-refractivity contribution is -0.138. The Morgan fingerprint density at radius 1 is 1.52 bits per heavy atom. The van der Waals surface area contributed by atoms with E-state index in [-0.39, 0.29) is 18.4 Å². The summed E-state index contributed by atoms with van der Waals surface area (Å²) in [4.78, 5) is 28.6. The Hall–Kier alpha value is -2.12. The maximum absolute atomic E-state index is 12.0. The van der Waals surface area contributed by atoms with Crippen LogP contribution < -0.4 is 5.32 Å². The summed E-state index contributed by atoms with van der Waals surface area (Å²) in [6.45, 7) is 1.67. The minimum absolute atomic E-state index is 0.0551. The second-order valence-corrected chi connectivity index (χ2v) is 5.37. The smallest absolute Gasteiger partial charge is 0.317 e. The van der Waals surface area contributed by atoms with Gasteiger partial charge in [0.15, 0.2) is 5.82 Å². The fourth-order valence-corrected chi connectivity index (χ4v) is 2.55. The van der Waals surface area contributed by atoms with Crippen LogP contribution in [-0.4, -0.2) is 56.4 Å². The van der Waals surface area contributed by atoms with Crippen molar-refractivity contribution >= 4 is 12.0 Å². The lowest BCUT2D eigenvalue weighted by Gasteiger charge is -2.32. The second kappa shape index (κ2) is 7.05. The number of hydrogen-bond acceptors (Lipinski definition) is 4. The Bertz CT molecular complexity index is 502. The third-order valence-corrected chi connectivity index (χ3v) is 3.54. The average molecular weight is 295 g/mol. The van der Waals surface area contributed by atoms with Gasteiger partial charge < -0.3 is 15.3 Å². The predicted octanol–water partition coefficient (Wildman–Crippen LogP) is 0.254. The van der Waals surface area contributed by atoms with Gasteiger partial charge >= 0.3 is 12.0 Å². The van der Waals surface area contributed by atoms with Gasteiger partial charge in [-0.3, -0.25) is 9.48 Å². The molecule has 1 unspecified atom stereocenters. The van der Waals surface area contributed by atoms with Gasteiger partial charge in [0.1, 0.15) is 6.33 Å². The van der Waals surface area contributed by atoms with E-state index < -0.39 is 5.97 Å². The predicted molar refractivity (Wildman–Crippen MR) is 74.7 cm³/mol. The Morgan fingerprint density at radius 3 is 3.00 bits per heavy atom. The Kier molecular flexibility index (Phi) is 5.13. The van der Waals surface area contributed by atoms with Gasteiger partial charge in [0.2, 0.25) is 0 Å². The monoisotopic (exact) mass is 295 g/mol. The van der Waals surface area contributed by atoms with Crippen molar-refractivity contribution in [3.63, 3.8) is 0 Å². The van der Waals surface area contributed by atoms with E-state index in [0.29, 0.717) is 31.9 Å². The number of carboxylic acids is 1. The zero-order valence-electron chi connectivity index (χ0n) is 12.2. The van der Waals surface area contributed by atoms with Crippen LogP contribution in [0.4, 0.5) is 4.79 Å². The summed E-state index contributed by atoms with van der Waals surface area (Å²) < 4.78 is 1.62. The molecule has 1 aromatic heterocycles. The number of carboxylic acid groups (broad SMARTS) is 1. The number of nitrogens with zero attached hydrogens (tertiary/aromatic N) is 4. The summed E-state index contributed by atoms with van der Waals surface area (Å²) in [7, 11) is 1.80. The van der Waals surface area contributed by atoms with Gasteiger partial charge in [-0.2, -0.15) is 5.10 Å². The molecule has 8 nitrogen and oxygen atoms in total. The Morgan fingerprint density at radius 2 is 2.33 bits per heavy atom. The molecule has 1 aromatic rings. The summed E-state index contributed by atoms with van der Waals surface area (Å²) in [5.74, 6) is -0.0526. The minimum Gasteiger partial charge on any atom is -0.481 e. The van der Waals surface area contributed by atoms with Crippen molar-refractivity contribution in [3.05, 3.63) is 12.2 Å². The molecule has 1 saturated heterocycles. The summed E-state index contributed by atoms with van der Waals surface area (Å²) >= 11 is 0. The zero-order valence-corrected chi connectivity index (χ0v) is 12.2. The van der Waals surface area contributed by atoms with E-state index >= 15 is 0 Å². The number of carbonyl (C=O) groups is 2. The molecule has 1 fully saturated rings. The first-order chi connectivity index (χ1) is 10.0. The first-order valence-electron chi connectivity index (χ1n) is 7.13. The van der Waals surface area contributed by atoms with Gasteiger partial charge in [-0.05, 0) is 18.8 Å². The van der Waals surface area contributed by atoms with Crippen LogP contribution in [0, 0.1) is 5.92 Å². The van der Waals surface area contributed by atoms with Gasteiger partial charge in [-0.15, -0.1) is 0 Å². The molecule has 8 heteroatoms. The van der Waals surface area contributed by atoms with Crippen LogP contribution in [-0.2, 0) is 18.3 Å². The van der Waals surface area contributed by atoms with E-state index in [9.17, 15) is 9.59 Å². The van der Waals surface area contributed by atoms with Crippen LogP contribution in [0.5, 0.6) is 0 Å². The SMILES string of the molecule is Cn1cnc(CCNC(=O)N2CCCC(CC(=O)O)C2)n1. The van der Waals surface area contributed by atoms with Gasteiger partial charge in [-0.25, -0.2) is 9.78 Å². The number of nitrogens with one attached hydrogen (secondary N) is 1. The van der Waals surface area contributed by atoms with E-state index in [0.717, 1.165) is 12.8 Å². The molecule has 0 radical (unpaired) electrons. The molecule has 1 atom stereocenters. The number of rotatable bonds is 5. The Balaban J connectivity index is 1.73. The number of aromatic nitrogens is 3. The van der Waals surface area contributed by atoms with E-state index in [4.69, 9.17) is 5.11 Å². The molecule has 2 heterocycles. The molecule has 2 amide bonds.